The van der Waals surface area contributed by atoms with Crippen LogP contribution in [0.1, 0.15) is 0 Å². The van der Waals surface area contributed by atoms with Gasteiger partial charge in [0.2, 0.25) is 0 Å². The molecule has 0 spiro atoms. The maximum absolute atomic E-state index is 13.4. The first kappa shape index (κ1) is 25.2. The molecular formula is C26H22N4O6S2. The molecule has 2 N–H and O–H groups in total. The van der Waals surface area contributed by atoms with Crippen LogP contribution in [0.25, 0.3) is 0 Å². The number of para-hydroxylation sites is 2. The Kier molecular flexibility index (Phi) is 6.74. The van der Waals surface area contributed by atoms with Crippen LogP contribution in [0, 0.1) is 0 Å². The molecule has 0 saturated carbocycles. The molecule has 1 aliphatic heterocycles. The minimum absolute atomic E-state index is 0.0117. The third-order valence-corrected chi connectivity index (χ3v) is 8.90. The lowest BCUT2D eigenvalue weighted by Gasteiger charge is -2.34. The maximum atomic E-state index is 13.4. The molecule has 3 aromatic carbocycles. The van der Waals surface area contributed by atoms with Gasteiger partial charge < -0.3 is 10.1 Å². The molecule has 0 unspecified atom stereocenters. The largest absolute Gasteiger partial charge is 0.476 e. The number of sulfonamides is 2. The van der Waals surface area contributed by atoms with E-state index in [0.717, 1.165) is 4.31 Å². The van der Waals surface area contributed by atoms with E-state index in [-0.39, 0.29) is 22.1 Å². The Bertz CT molecular complexity index is 1660. The average molecular weight is 551 g/mol. The van der Waals surface area contributed by atoms with Crippen LogP contribution in [0.4, 0.5) is 17.1 Å². The van der Waals surface area contributed by atoms with E-state index in [0.29, 0.717) is 17.1 Å². The quantitative estimate of drug-likeness (QED) is 0.360. The lowest BCUT2D eigenvalue weighted by Crippen LogP contribution is -2.48. The number of pyridine rings is 1. The number of hydrogen-bond acceptors (Lipinski definition) is 7. The molecule has 38 heavy (non-hydrogen) atoms. The SMILES string of the molecule is O=C(Nc1ccc(S(=O)(=O)Nc2cccnc2)cc1)[C@H]1CN(S(=O)(=O)c2ccccc2)c2ccccc2O1. The van der Waals surface area contributed by atoms with Crippen molar-refractivity contribution in [2.75, 3.05) is 20.9 Å². The van der Waals surface area contributed by atoms with Gasteiger partial charge in [0.25, 0.3) is 26.0 Å². The topological polar surface area (TPSA) is 135 Å². The van der Waals surface area contributed by atoms with Crippen LogP contribution >= 0.6 is 0 Å². The van der Waals surface area contributed by atoms with Crippen LogP contribution in [0.5, 0.6) is 5.75 Å². The molecule has 0 bridgehead atoms. The number of benzene rings is 3. The van der Waals surface area contributed by atoms with E-state index in [1.54, 1.807) is 54.6 Å². The molecule has 1 amide bonds. The highest BCUT2D eigenvalue weighted by molar-refractivity contribution is 7.93. The van der Waals surface area contributed by atoms with E-state index in [9.17, 15) is 21.6 Å². The summed E-state index contributed by atoms with van der Waals surface area (Å²) in [7, 11) is -7.83. The first-order chi connectivity index (χ1) is 18.2. The first-order valence-corrected chi connectivity index (χ1v) is 14.3. The summed E-state index contributed by atoms with van der Waals surface area (Å²) in [6, 6.07) is 23.3. The Morgan fingerprint density at radius 3 is 2.24 bits per heavy atom. The van der Waals surface area contributed by atoms with Gasteiger partial charge in [0.05, 0.1) is 33.9 Å². The van der Waals surface area contributed by atoms with E-state index in [1.165, 1.54) is 48.8 Å². The number of carbonyl (C=O) groups excluding carboxylic acids is 1. The van der Waals surface area contributed by atoms with Crippen molar-refractivity contribution in [1.29, 1.82) is 0 Å². The van der Waals surface area contributed by atoms with E-state index < -0.39 is 32.1 Å². The van der Waals surface area contributed by atoms with Crippen molar-refractivity contribution in [2.24, 2.45) is 0 Å². The Balaban J connectivity index is 1.34. The molecule has 5 rings (SSSR count). The fraction of sp³-hybridized carbons (Fsp3) is 0.0769. The van der Waals surface area contributed by atoms with Gasteiger partial charge in [-0.2, -0.15) is 0 Å². The van der Waals surface area contributed by atoms with Crippen molar-refractivity contribution < 1.29 is 26.4 Å². The highest BCUT2D eigenvalue weighted by Gasteiger charge is 2.37. The maximum Gasteiger partial charge on any atom is 0.267 e. The van der Waals surface area contributed by atoms with E-state index in [4.69, 9.17) is 4.74 Å². The second-order valence-electron chi connectivity index (χ2n) is 8.28. The minimum Gasteiger partial charge on any atom is -0.476 e. The Labute approximate surface area is 220 Å². The number of nitrogens with one attached hydrogen (secondary N) is 2. The number of aromatic nitrogens is 1. The van der Waals surface area contributed by atoms with E-state index >= 15 is 0 Å². The second kappa shape index (κ2) is 10.1. The zero-order valence-corrected chi connectivity index (χ0v) is 21.4. The molecule has 1 aliphatic rings. The summed E-state index contributed by atoms with van der Waals surface area (Å²) in [5.74, 6) is -0.335. The van der Waals surface area contributed by atoms with Crippen molar-refractivity contribution in [2.45, 2.75) is 15.9 Å². The Hall–Kier alpha value is -4.42. The number of fused-ring (bicyclic) bond motifs is 1. The molecule has 194 valence electrons. The molecular weight excluding hydrogens is 528 g/mol. The predicted octanol–water partition coefficient (Wildman–Crippen LogP) is 3.48. The lowest BCUT2D eigenvalue weighted by atomic mass is 10.2. The first-order valence-electron chi connectivity index (χ1n) is 11.4. The summed E-state index contributed by atoms with van der Waals surface area (Å²) >= 11 is 0. The molecule has 1 aromatic heterocycles. The van der Waals surface area contributed by atoms with Gasteiger partial charge in [0.15, 0.2) is 6.10 Å². The third kappa shape index (κ3) is 5.17. The van der Waals surface area contributed by atoms with E-state index in [2.05, 4.69) is 15.0 Å². The zero-order chi connectivity index (χ0) is 26.8. The summed E-state index contributed by atoms with van der Waals surface area (Å²) in [6.07, 6.45) is 1.76. The number of ether oxygens (including phenoxy) is 1. The summed E-state index contributed by atoms with van der Waals surface area (Å²) in [5.41, 5.74) is 0.959. The number of amides is 1. The standard InChI is InChI=1S/C26H22N4O6S2/c31-26(28-19-12-14-21(15-13-19)37(32,33)29-20-7-6-16-27-17-20)25-18-30(23-10-4-5-11-24(23)36-25)38(34,35)22-8-2-1-3-9-22/h1-17,25,29H,18H2,(H,28,31)/t25-/m1/s1. The van der Waals surface area contributed by atoms with Crippen molar-refractivity contribution in [3.05, 3.63) is 103 Å². The van der Waals surface area contributed by atoms with Crippen LogP contribution in [0.2, 0.25) is 0 Å². The fourth-order valence-electron chi connectivity index (χ4n) is 3.86. The van der Waals surface area contributed by atoms with Crippen LogP contribution in [-0.2, 0) is 24.8 Å². The highest BCUT2D eigenvalue weighted by Crippen LogP contribution is 2.37. The normalized spacial score (nSPS) is 15.2. The molecule has 0 fully saturated rings. The zero-order valence-electron chi connectivity index (χ0n) is 19.8. The Morgan fingerprint density at radius 2 is 1.53 bits per heavy atom. The smallest absolute Gasteiger partial charge is 0.267 e. The molecule has 2 heterocycles. The molecule has 0 saturated heterocycles. The van der Waals surface area contributed by atoms with Crippen molar-refractivity contribution in [3.63, 3.8) is 0 Å². The highest BCUT2D eigenvalue weighted by atomic mass is 32.2. The van der Waals surface area contributed by atoms with Gasteiger partial charge in [-0.15, -0.1) is 0 Å². The number of anilines is 3. The van der Waals surface area contributed by atoms with Gasteiger partial charge in [-0.05, 0) is 60.7 Å². The number of rotatable bonds is 7. The van der Waals surface area contributed by atoms with Gasteiger partial charge in [0.1, 0.15) is 5.75 Å². The van der Waals surface area contributed by atoms with Gasteiger partial charge in [-0.1, -0.05) is 30.3 Å². The van der Waals surface area contributed by atoms with Crippen LogP contribution in [-0.4, -0.2) is 40.4 Å². The predicted molar refractivity (Wildman–Crippen MR) is 142 cm³/mol. The molecule has 0 radical (unpaired) electrons. The van der Waals surface area contributed by atoms with Crippen LogP contribution < -0.4 is 19.1 Å². The van der Waals surface area contributed by atoms with Crippen molar-refractivity contribution >= 4 is 43.0 Å². The molecule has 0 aliphatic carbocycles. The summed E-state index contributed by atoms with van der Waals surface area (Å²) < 4.78 is 61.5. The van der Waals surface area contributed by atoms with Crippen LogP contribution in [0.15, 0.2) is 113 Å². The second-order valence-corrected chi connectivity index (χ2v) is 11.8. The van der Waals surface area contributed by atoms with Gasteiger partial charge in [-0.3, -0.25) is 18.8 Å². The Morgan fingerprint density at radius 1 is 0.816 bits per heavy atom. The summed E-state index contributed by atoms with van der Waals surface area (Å²) in [4.78, 5) is 17.1. The number of carbonyl (C=O) groups is 1. The summed E-state index contributed by atoms with van der Waals surface area (Å²) in [5, 5.41) is 2.67. The fourth-order valence-corrected chi connectivity index (χ4v) is 6.40. The van der Waals surface area contributed by atoms with Crippen molar-refractivity contribution in [3.8, 4) is 5.75 Å². The molecule has 10 nitrogen and oxygen atoms in total. The average Bonchev–Trinajstić information content (AvgIpc) is 2.93. The van der Waals surface area contributed by atoms with E-state index in [1.807, 2.05) is 0 Å². The number of hydrogen-bond donors (Lipinski definition) is 2. The van der Waals surface area contributed by atoms with Crippen LogP contribution in [0.3, 0.4) is 0 Å². The minimum atomic E-state index is -3.97. The van der Waals surface area contributed by atoms with Crippen molar-refractivity contribution in [1.82, 2.24) is 4.98 Å². The number of nitrogens with zero attached hydrogens (tertiary/aromatic N) is 2. The summed E-state index contributed by atoms with van der Waals surface area (Å²) in [6.45, 7) is -0.248. The van der Waals surface area contributed by atoms with Gasteiger partial charge in [-0.25, -0.2) is 16.8 Å². The molecule has 12 heteroatoms. The van der Waals surface area contributed by atoms with Gasteiger partial charge in [0, 0.05) is 11.9 Å². The monoisotopic (exact) mass is 550 g/mol. The lowest BCUT2D eigenvalue weighted by molar-refractivity contribution is -0.122. The third-order valence-electron chi connectivity index (χ3n) is 5.70. The molecule has 4 aromatic rings. The molecule has 1 atom stereocenters. The van der Waals surface area contributed by atoms with Gasteiger partial charge >= 0.3 is 0 Å².